The molecule has 2 nitrogen and oxygen atoms in total. The van der Waals surface area contributed by atoms with Crippen molar-refractivity contribution >= 4 is 0 Å². The minimum Gasteiger partial charge on any atom is -0.366 e. The number of hydrogen-bond donors (Lipinski definition) is 1. The van der Waals surface area contributed by atoms with Gasteiger partial charge in [0.25, 0.3) is 0 Å². The fraction of sp³-hybridized carbons (Fsp3) is 1.00. The standard InChI is InChI=1S/C12H23NO/c1-5-11(3)8-13-9-12(4,14-11)10(2)6-7-10/h13H,5-9H2,1-4H3. The topological polar surface area (TPSA) is 21.3 Å². The molecular weight excluding hydrogens is 174 g/mol. The maximum Gasteiger partial charge on any atom is 0.0839 e. The van der Waals surface area contributed by atoms with Crippen LogP contribution in [-0.4, -0.2) is 24.3 Å². The molecule has 14 heavy (non-hydrogen) atoms. The van der Waals surface area contributed by atoms with Crippen LogP contribution in [0.2, 0.25) is 0 Å². The minimum atomic E-state index is 0.0403. The molecule has 0 amide bonds. The van der Waals surface area contributed by atoms with Crippen LogP contribution in [0.1, 0.15) is 47.0 Å². The van der Waals surface area contributed by atoms with Crippen molar-refractivity contribution in [2.75, 3.05) is 13.1 Å². The van der Waals surface area contributed by atoms with Gasteiger partial charge in [0.05, 0.1) is 11.2 Å². The molecule has 1 aliphatic heterocycles. The fourth-order valence-electron chi connectivity index (χ4n) is 2.43. The van der Waals surface area contributed by atoms with Gasteiger partial charge in [-0.3, -0.25) is 0 Å². The van der Waals surface area contributed by atoms with Crippen LogP contribution in [0.5, 0.6) is 0 Å². The molecule has 0 aromatic rings. The van der Waals surface area contributed by atoms with E-state index < -0.39 is 0 Å². The van der Waals surface area contributed by atoms with E-state index in [1.165, 1.54) is 12.8 Å². The van der Waals surface area contributed by atoms with E-state index in [9.17, 15) is 0 Å². The van der Waals surface area contributed by atoms with Gasteiger partial charge in [-0.2, -0.15) is 0 Å². The average molecular weight is 197 g/mol. The second-order valence-corrected chi connectivity index (χ2v) is 5.80. The Balaban J connectivity index is 2.13. The van der Waals surface area contributed by atoms with Crippen molar-refractivity contribution in [3.63, 3.8) is 0 Å². The van der Waals surface area contributed by atoms with E-state index in [1.807, 2.05) is 0 Å². The molecule has 1 N–H and O–H groups in total. The van der Waals surface area contributed by atoms with Crippen molar-refractivity contribution in [2.45, 2.75) is 58.2 Å². The molecule has 2 rings (SSSR count). The highest BCUT2D eigenvalue weighted by atomic mass is 16.5. The molecule has 0 radical (unpaired) electrons. The van der Waals surface area contributed by atoms with Gasteiger partial charge in [0.2, 0.25) is 0 Å². The first kappa shape index (κ1) is 10.4. The Morgan fingerprint density at radius 1 is 1.14 bits per heavy atom. The summed E-state index contributed by atoms with van der Waals surface area (Å²) in [5, 5.41) is 3.54. The lowest BCUT2D eigenvalue weighted by Crippen LogP contribution is -2.60. The molecule has 2 atom stereocenters. The summed E-state index contributed by atoms with van der Waals surface area (Å²) >= 11 is 0. The Bertz CT molecular complexity index is 236. The SMILES string of the molecule is CCC1(C)CNCC(C)(C2(C)CC2)O1. The lowest BCUT2D eigenvalue weighted by molar-refractivity contribution is -0.191. The van der Waals surface area contributed by atoms with Crippen LogP contribution in [0.4, 0.5) is 0 Å². The number of nitrogens with one attached hydrogen (secondary N) is 1. The lowest BCUT2D eigenvalue weighted by Gasteiger charge is -2.48. The minimum absolute atomic E-state index is 0.0403. The van der Waals surface area contributed by atoms with Gasteiger partial charge < -0.3 is 10.1 Å². The van der Waals surface area contributed by atoms with E-state index in [2.05, 4.69) is 33.0 Å². The molecule has 1 heterocycles. The van der Waals surface area contributed by atoms with Gasteiger partial charge in [-0.25, -0.2) is 0 Å². The van der Waals surface area contributed by atoms with Crippen LogP contribution in [0.15, 0.2) is 0 Å². The summed E-state index contributed by atoms with van der Waals surface area (Å²) < 4.78 is 6.38. The Kier molecular flexibility index (Phi) is 2.20. The van der Waals surface area contributed by atoms with Crippen molar-refractivity contribution < 1.29 is 4.74 Å². The molecule has 0 aromatic carbocycles. The summed E-state index contributed by atoms with van der Waals surface area (Å²) in [6.07, 6.45) is 3.74. The number of rotatable bonds is 2. The second-order valence-electron chi connectivity index (χ2n) is 5.80. The maximum absolute atomic E-state index is 6.38. The van der Waals surface area contributed by atoms with Gasteiger partial charge in [-0.05, 0) is 38.5 Å². The quantitative estimate of drug-likeness (QED) is 0.733. The van der Waals surface area contributed by atoms with E-state index in [1.54, 1.807) is 0 Å². The third-order valence-electron chi connectivity index (χ3n) is 4.46. The highest BCUT2D eigenvalue weighted by Crippen LogP contribution is 2.56. The van der Waals surface area contributed by atoms with Crippen molar-refractivity contribution in [3.05, 3.63) is 0 Å². The summed E-state index contributed by atoms with van der Waals surface area (Å²) in [7, 11) is 0. The Hall–Kier alpha value is -0.0800. The molecule has 1 saturated heterocycles. The highest BCUT2D eigenvalue weighted by molar-refractivity contribution is 5.08. The molecule has 1 aliphatic carbocycles. The van der Waals surface area contributed by atoms with Gasteiger partial charge in [0.15, 0.2) is 0 Å². The zero-order valence-electron chi connectivity index (χ0n) is 9.94. The van der Waals surface area contributed by atoms with Crippen molar-refractivity contribution in [2.24, 2.45) is 5.41 Å². The van der Waals surface area contributed by atoms with Crippen molar-refractivity contribution in [1.29, 1.82) is 0 Å². The summed E-state index contributed by atoms with van der Waals surface area (Å²) in [5.41, 5.74) is 0.519. The van der Waals surface area contributed by atoms with E-state index in [4.69, 9.17) is 4.74 Å². The molecule has 82 valence electrons. The van der Waals surface area contributed by atoms with Crippen LogP contribution in [-0.2, 0) is 4.74 Å². The Morgan fingerprint density at radius 3 is 2.29 bits per heavy atom. The first-order valence-electron chi connectivity index (χ1n) is 5.84. The van der Waals surface area contributed by atoms with Gasteiger partial charge >= 0.3 is 0 Å². The zero-order chi connectivity index (χ0) is 10.4. The smallest absolute Gasteiger partial charge is 0.0839 e. The van der Waals surface area contributed by atoms with E-state index in [-0.39, 0.29) is 11.2 Å². The van der Waals surface area contributed by atoms with Crippen LogP contribution in [0.3, 0.4) is 0 Å². The first-order valence-corrected chi connectivity index (χ1v) is 5.84. The van der Waals surface area contributed by atoms with Crippen LogP contribution < -0.4 is 5.32 Å². The highest BCUT2D eigenvalue weighted by Gasteiger charge is 2.57. The van der Waals surface area contributed by atoms with Crippen LogP contribution in [0, 0.1) is 5.41 Å². The third kappa shape index (κ3) is 1.49. The summed E-state index contributed by atoms with van der Waals surface area (Å²) in [5.74, 6) is 0. The zero-order valence-corrected chi connectivity index (χ0v) is 9.94. The predicted molar refractivity (Wildman–Crippen MR) is 58.4 cm³/mol. The van der Waals surface area contributed by atoms with Crippen molar-refractivity contribution in [1.82, 2.24) is 5.32 Å². The molecule has 2 aliphatic rings. The van der Waals surface area contributed by atoms with E-state index in [0.717, 1.165) is 19.5 Å². The number of morpholine rings is 1. The fourth-order valence-corrected chi connectivity index (χ4v) is 2.43. The summed E-state index contributed by atoms with van der Waals surface area (Å²) in [6, 6.07) is 0. The Labute approximate surface area is 87.4 Å². The normalized spacial score (nSPS) is 46.3. The van der Waals surface area contributed by atoms with E-state index in [0.29, 0.717) is 5.41 Å². The first-order chi connectivity index (χ1) is 6.43. The van der Waals surface area contributed by atoms with Gasteiger partial charge in [0.1, 0.15) is 0 Å². The predicted octanol–water partition coefficient (Wildman–Crippen LogP) is 2.33. The van der Waals surface area contributed by atoms with Crippen LogP contribution in [0.25, 0.3) is 0 Å². The van der Waals surface area contributed by atoms with Gasteiger partial charge in [-0.15, -0.1) is 0 Å². The third-order valence-corrected chi connectivity index (χ3v) is 4.46. The Morgan fingerprint density at radius 2 is 1.79 bits per heavy atom. The molecule has 0 aromatic heterocycles. The molecule has 1 saturated carbocycles. The molecule has 2 fully saturated rings. The van der Waals surface area contributed by atoms with Crippen LogP contribution >= 0.6 is 0 Å². The molecule has 0 spiro atoms. The van der Waals surface area contributed by atoms with Gasteiger partial charge in [0, 0.05) is 13.1 Å². The summed E-state index contributed by atoms with van der Waals surface area (Å²) in [6.45, 7) is 11.1. The molecule has 0 bridgehead atoms. The number of ether oxygens (including phenoxy) is 1. The second kappa shape index (κ2) is 2.96. The van der Waals surface area contributed by atoms with Crippen molar-refractivity contribution in [3.8, 4) is 0 Å². The molecular formula is C12H23NO. The maximum atomic E-state index is 6.38. The lowest BCUT2D eigenvalue weighted by atomic mass is 9.83. The number of hydrogen-bond acceptors (Lipinski definition) is 2. The van der Waals surface area contributed by atoms with Gasteiger partial charge in [-0.1, -0.05) is 13.8 Å². The average Bonchev–Trinajstić information content (AvgIpc) is 2.85. The van der Waals surface area contributed by atoms with E-state index >= 15 is 0 Å². The molecule has 2 unspecified atom stereocenters. The monoisotopic (exact) mass is 197 g/mol. The summed E-state index contributed by atoms with van der Waals surface area (Å²) in [4.78, 5) is 0. The molecule has 2 heteroatoms. The largest absolute Gasteiger partial charge is 0.366 e.